The zero-order chi connectivity index (χ0) is 28.0. The van der Waals surface area contributed by atoms with E-state index in [1.54, 1.807) is 37.4 Å². The maximum absolute atomic E-state index is 14.3. The number of hydrogen-bond acceptors (Lipinski definition) is 5. The van der Waals surface area contributed by atoms with Gasteiger partial charge in [-0.15, -0.1) is 0 Å². The Labute approximate surface area is 233 Å². The van der Waals surface area contributed by atoms with Crippen LogP contribution < -0.4 is 10.6 Å². The molecule has 3 amide bonds. The van der Waals surface area contributed by atoms with Crippen molar-refractivity contribution in [3.63, 3.8) is 0 Å². The van der Waals surface area contributed by atoms with Crippen molar-refractivity contribution in [3.8, 4) is 0 Å². The third-order valence-corrected chi connectivity index (χ3v) is 7.96. The fraction of sp³-hybridized carbons (Fsp3) is 0.700. The van der Waals surface area contributed by atoms with E-state index in [2.05, 4.69) is 23.6 Å². The standard InChI is InChI=1S/C30H47N3O4S/c1-19-15-20(2)17-22(16-19)26(27(34)31-23-11-9-8-10-12-23)33(25-18-21(25)3)28(35)24(13-14-38-7)32-29(36)37-30(4,5)6/h15-17,21,23-26H,8-14,18H2,1-7H3,(H,31,34)(H,32,36). The zero-order valence-corrected chi connectivity index (χ0v) is 25.1. The Morgan fingerprint density at radius 1 is 1.08 bits per heavy atom. The summed E-state index contributed by atoms with van der Waals surface area (Å²) < 4.78 is 5.49. The molecule has 2 saturated carbocycles. The molecule has 3 rings (SSSR count). The van der Waals surface area contributed by atoms with Gasteiger partial charge in [-0.1, -0.05) is 55.5 Å². The molecule has 0 radical (unpaired) electrons. The van der Waals surface area contributed by atoms with Crippen LogP contribution in [-0.2, 0) is 14.3 Å². The van der Waals surface area contributed by atoms with E-state index in [1.807, 2.05) is 32.2 Å². The van der Waals surface area contributed by atoms with Gasteiger partial charge in [-0.2, -0.15) is 11.8 Å². The molecule has 1 aromatic carbocycles. The van der Waals surface area contributed by atoms with Gasteiger partial charge in [-0.05, 0) is 83.8 Å². The molecule has 2 fully saturated rings. The van der Waals surface area contributed by atoms with Crippen LogP contribution in [0.4, 0.5) is 4.79 Å². The number of rotatable bonds is 10. The van der Waals surface area contributed by atoms with E-state index in [0.717, 1.165) is 48.8 Å². The van der Waals surface area contributed by atoms with Crippen LogP contribution in [0.25, 0.3) is 0 Å². The highest BCUT2D eigenvalue weighted by molar-refractivity contribution is 7.98. The van der Waals surface area contributed by atoms with Crippen molar-refractivity contribution >= 4 is 29.7 Å². The fourth-order valence-corrected chi connectivity index (χ4v) is 5.90. The summed E-state index contributed by atoms with van der Waals surface area (Å²) in [4.78, 5) is 42.9. The molecule has 212 valence electrons. The highest BCUT2D eigenvalue weighted by atomic mass is 32.2. The predicted octanol–water partition coefficient (Wildman–Crippen LogP) is 5.68. The number of carbonyl (C=O) groups excluding carboxylic acids is 3. The van der Waals surface area contributed by atoms with E-state index < -0.39 is 23.8 Å². The van der Waals surface area contributed by atoms with Crippen LogP contribution in [0.15, 0.2) is 18.2 Å². The minimum absolute atomic E-state index is 0.0531. The summed E-state index contributed by atoms with van der Waals surface area (Å²) >= 11 is 1.62. The Balaban J connectivity index is 1.98. The maximum Gasteiger partial charge on any atom is 0.408 e. The van der Waals surface area contributed by atoms with Gasteiger partial charge in [-0.25, -0.2) is 4.79 Å². The fourth-order valence-electron chi connectivity index (χ4n) is 5.43. The molecule has 2 aliphatic rings. The normalized spacial score (nSPS) is 21.2. The molecule has 2 N–H and O–H groups in total. The molecular formula is C30H47N3O4S. The van der Waals surface area contributed by atoms with Gasteiger partial charge in [-0.3, -0.25) is 9.59 Å². The van der Waals surface area contributed by atoms with Crippen LogP contribution in [0.1, 0.15) is 95.4 Å². The van der Waals surface area contributed by atoms with E-state index in [0.29, 0.717) is 12.2 Å². The lowest BCUT2D eigenvalue weighted by Gasteiger charge is -2.36. The summed E-state index contributed by atoms with van der Waals surface area (Å²) in [5.74, 6) is 0.637. The molecule has 0 saturated heterocycles. The van der Waals surface area contributed by atoms with Gasteiger partial charge in [0.25, 0.3) is 0 Å². The van der Waals surface area contributed by atoms with Crippen molar-refractivity contribution in [2.75, 3.05) is 12.0 Å². The summed E-state index contributed by atoms with van der Waals surface area (Å²) in [6.07, 6.45) is 8.01. The van der Waals surface area contributed by atoms with Crippen molar-refractivity contribution in [1.29, 1.82) is 0 Å². The Bertz CT molecular complexity index is 966. The van der Waals surface area contributed by atoms with Crippen molar-refractivity contribution in [3.05, 3.63) is 34.9 Å². The summed E-state index contributed by atoms with van der Waals surface area (Å²) in [6, 6.07) is 4.66. The van der Waals surface area contributed by atoms with Crippen LogP contribution in [0.3, 0.4) is 0 Å². The number of hydrogen-bond donors (Lipinski definition) is 2. The van der Waals surface area contributed by atoms with E-state index in [-0.39, 0.29) is 29.8 Å². The molecule has 7 nitrogen and oxygen atoms in total. The number of carbonyl (C=O) groups is 3. The Kier molecular flexibility index (Phi) is 10.6. The van der Waals surface area contributed by atoms with E-state index in [9.17, 15) is 14.4 Å². The first-order valence-electron chi connectivity index (χ1n) is 14.1. The summed E-state index contributed by atoms with van der Waals surface area (Å²) in [6.45, 7) is 11.5. The first-order chi connectivity index (χ1) is 17.9. The molecule has 0 bridgehead atoms. The van der Waals surface area contributed by atoms with Crippen molar-refractivity contribution in [2.24, 2.45) is 5.92 Å². The Hall–Kier alpha value is -2.22. The molecule has 38 heavy (non-hydrogen) atoms. The third-order valence-electron chi connectivity index (χ3n) is 7.32. The summed E-state index contributed by atoms with van der Waals surface area (Å²) in [5.41, 5.74) is 2.25. The molecule has 0 aromatic heterocycles. The van der Waals surface area contributed by atoms with Crippen molar-refractivity contribution in [2.45, 2.75) is 116 Å². The average molecular weight is 546 g/mol. The Morgan fingerprint density at radius 2 is 1.68 bits per heavy atom. The molecule has 8 heteroatoms. The number of amides is 3. The molecule has 0 aliphatic heterocycles. The highest BCUT2D eigenvalue weighted by Gasteiger charge is 2.48. The monoisotopic (exact) mass is 545 g/mol. The second-order valence-electron chi connectivity index (χ2n) is 12.2. The van der Waals surface area contributed by atoms with E-state index in [1.165, 1.54) is 6.42 Å². The Morgan fingerprint density at radius 3 is 2.21 bits per heavy atom. The van der Waals surface area contributed by atoms with Crippen LogP contribution in [0.5, 0.6) is 0 Å². The molecule has 1 aromatic rings. The van der Waals surface area contributed by atoms with Gasteiger partial charge < -0.3 is 20.3 Å². The number of thioether (sulfide) groups is 1. The summed E-state index contributed by atoms with van der Waals surface area (Å²) in [5, 5.41) is 6.13. The van der Waals surface area contributed by atoms with Crippen LogP contribution >= 0.6 is 11.8 Å². The molecule has 0 spiro atoms. The number of nitrogens with one attached hydrogen (secondary N) is 2. The number of nitrogens with zero attached hydrogens (tertiary/aromatic N) is 1. The van der Waals surface area contributed by atoms with Gasteiger partial charge in [0.05, 0.1) is 0 Å². The van der Waals surface area contributed by atoms with Crippen molar-refractivity contribution < 1.29 is 19.1 Å². The lowest BCUT2D eigenvalue weighted by atomic mass is 9.94. The van der Waals surface area contributed by atoms with Crippen LogP contribution in [-0.4, -0.2) is 58.5 Å². The maximum atomic E-state index is 14.3. The third kappa shape index (κ3) is 8.65. The first kappa shape index (κ1) is 30.3. The molecular weight excluding hydrogens is 498 g/mol. The molecule has 2 aliphatic carbocycles. The van der Waals surface area contributed by atoms with Gasteiger partial charge in [0.2, 0.25) is 11.8 Å². The van der Waals surface area contributed by atoms with Gasteiger partial charge in [0, 0.05) is 12.1 Å². The SMILES string of the molecule is CSCCC(NC(=O)OC(C)(C)C)C(=O)N(C(C(=O)NC1CCCCC1)c1cc(C)cc(C)c1)C1CC1C. The number of ether oxygens (including phenoxy) is 1. The van der Waals surface area contributed by atoms with Gasteiger partial charge in [0.15, 0.2) is 0 Å². The van der Waals surface area contributed by atoms with Crippen molar-refractivity contribution in [1.82, 2.24) is 15.5 Å². The quantitative estimate of drug-likeness (QED) is 0.395. The summed E-state index contributed by atoms with van der Waals surface area (Å²) in [7, 11) is 0. The van der Waals surface area contributed by atoms with E-state index in [4.69, 9.17) is 4.74 Å². The first-order valence-corrected chi connectivity index (χ1v) is 15.5. The van der Waals surface area contributed by atoms with Crippen LogP contribution in [0.2, 0.25) is 0 Å². The number of aryl methyl sites for hydroxylation is 2. The lowest BCUT2D eigenvalue weighted by Crippen LogP contribution is -2.55. The number of benzene rings is 1. The van der Waals surface area contributed by atoms with E-state index >= 15 is 0 Å². The second kappa shape index (κ2) is 13.2. The second-order valence-corrected chi connectivity index (χ2v) is 13.2. The largest absolute Gasteiger partial charge is 0.444 e. The minimum Gasteiger partial charge on any atom is -0.444 e. The molecule has 0 heterocycles. The topological polar surface area (TPSA) is 87.7 Å². The molecule has 4 unspecified atom stereocenters. The molecule has 4 atom stereocenters. The van der Waals surface area contributed by atoms with Crippen LogP contribution in [0, 0.1) is 19.8 Å². The smallest absolute Gasteiger partial charge is 0.408 e. The van der Waals surface area contributed by atoms with Gasteiger partial charge >= 0.3 is 6.09 Å². The lowest BCUT2D eigenvalue weighted by molar-refractivity contribution is -0.143. The minimum atomic E-state index is -0.777. The zero-order valence-electron chi connectivity index (χ0n) is 24.3. The number of alkyl carbamates (subject to hydrolysis) is 1. The predicted molar refractivity (Wildman–Crippen MR) is 154 cm³/mol. The van der Waals surface area contributed by atoms with Gasteiger partial charge in [0.1, 0.15) is 17.7 Å². The highest BCUT2D eigenvalue weighted by Crippen LogP contribution is 2.41. The average Bonchev–Trinajstić information content (AvgIpc) is 3.54.